The Morgan fingerprint density at radius 2 is 1.56 bits per heavy atom. The van der Waals surface area contributed by atoms with E-state index in [9.17, 15) is 9.59 Å². The number of methoxy groups -OCH3 is 1. The van der Waals surface area contributed by atoms with Crippen LogP contribution in [-0.2, 0) is 24.5 Å². The van der Waals surface area contributed by atoms with E-state index in [4.69, 9.17) is 9.47 Å². The molecule has 152 valence electrons. The van der Waals surface area contributed by atoms with Crippen molar-refractivity contribution in [3.63, 3.8) is 0 Å². The summed E-state index contributed by atoms with van der Waals surface area (Å²) >= 11 is 3.49. The predicted octanol–water partition coefficient (Wildman–Crippen LogP) is 5.81. The van der Waals surface area contributed by atoms with Crippen LogP contribution in [0.15, 0.2) is 28.7 Å². The summed E-state index contributed by atoms with van der Waals surface area (Å²) in [6, 6.07) is 7.82. The zero-order valence-electron chi connectivity index (χ0n) is 17.6. The fourth-order valence-electron chi connectivity index (χ4n) is 3.01. The number of unbranched alkanes of at least 4 members (excludes halogenated alkanes) is 1. The minimum Gasteiger partial charge on any atom is -0.469 e. The van der Waals surface area contributed by atoms with Crippen molar-refractivity contribution in [2.24, 2.45) is 5.41 Å². The van der Waals surface area contributed by atoms with Gasteiger partial charge in [0.15, 0.2) is 0 Å². The Morgan fingerprint density at radius 3 is 2.07 bits per heavy atom. The zero-order valence-corrected chi connectivity index (χ0v) is 19.2. The molecule has 1 aromatic rings. The summed E-state index contributed by atoms with van der Waals surface area (Å²) in [4.78, 5) is 24.9. The second kappa shape index (κ2) is 9.22. The fraction of sp³-hybridized carbons (Fsp3) is 0.636. The van der Waals surface area contributed by atoms with Gasteiger partial charge in [-0.1, -0.05) is 40.9 Å². The van der Waals surface area contributed by atoms with E-state index < -0.39 is 16.4 Å². The highest BCUT2D eigenvalue weighted by Crippen LogP contribution is 2.35. The van der Waals surface area contributed by atoms with Crippen molar-refractivity contribution in [1.82, 2.24) is 0 Å². The summed E-state index contributed by atoms with van der Waals surface area (Å²) in [5, 5.41) is 0. The maximum Gasteiger partial charge on any atom is 0.316 e. The molecule has 0 saturated heterocycles. The van der Waals surface area contributed by atoms with Crippen molar-refractivity contribution < 1.29 is 19.1 Å². The van der Waals surface area contributed by atoms with E-state index in [-0.39, 0.29) is 11.9 Å². The van der Waals surface area contributed by atoms with E-state index in [1.165, 1.54) is 7.11 Å². The highest BCUT2D eigenvalue weighted by atomic mass is 79.9. The maximum atomic E-state index is 13.0. The number of hydrogen-bond donors (Lipinski definition) is 0. The molecule has 0 aliphatic rings. The average molecular weight is 441 g/mol. The molecule has 0 N–H and O–H groups in total. The van der Waals surface area contributed by atoms with Crippen molar-refractivity contribution >= 4 is 27.9 Å². The molecule has 0 aliphatic carbocycles. The molecule has 0 aromatic heterocycles. The summed E-state index contributed by atoms with van der Waals surface area (Å²) in [6.45, 7) is 11.4. The highest BCUT2D eigenvalue weighted by Gasteiger charge is 2.39. The first-order valence-electron chi connectivity index (χ1n) is 9.40. The SMILES string of the molecule is COC(=O)C(C)(C)CCCCC(C)(C(=O)OC(C)(C)C)c1cccc(Br)c1. The summed E-state index contributed by atoms with van der Waals surface area (Å²) in [5.74, 6) is -0.426. The van der Waals surface area contributed by atoms with Gasteiger partial charge in [0.05, 0.1) is 17.9 Å². The summed E-state index contributed by atoms with van der Waals surface area (Å²) in [5.41, 5.74) is -0.880. The Kier molecular flexibility index (Phi) is 8.09. The average Bonchev–Trinajstić information content (AvgIpc) is 2.56. The largest absolute Gasteiger partial charge is 0.469 e. The number of carbonyl (C=O) groups excluding carboxylic acids is 2. The Morgan fingerprint density at radius 1 is 0.963 bits per heavy atom. The summed E-state index contributed by atoms with van der Waals surface area (Å²) in [7, 11) is 1.41. The lowest BCUT2D eigenvalue weighted by molar-refractivity contribution is -0.162. The maximum absolute atomic E-state index is 13.0. The van der Waals surface area contributed by atoms with Crippen molar-refractivity contribution in [3.05, 3.63) is 34.3 Å². The molecule has 1 atom stereocenters. The normalized spacial score (nSPS) is 14.4. The van der Waals surface area contributed by atoms with Crippen LogP contribution in [0.3, 0.4) is 0 Å². The van der Waals surface area contributed by atoms with Crippen LogP contribution < -0.4 is 0 Å². The Bertz CT molecular complexity index is 661. The van der Waals surface area contributed by atoms with Crippen LogP contribution in [0.1, 0.15) is 72.8 Å². The number of benzene rings is 1. The molecular formula is C22H33BrO4. The lowest BCUT2D eigenvalue weighted by atomic mass is 9.77. The number of halogens is 1. The lowest BCUT2D eigenvalue weighted by Gasteiger charge is -2.32. The van der Waals surface area contributed by atoms with Crippen molar-refractivity contribution in [2.45, 2.75) is 78.2 Å². The van der Waals surface area contributed by atoms with Gasteiger partial charge in [0.2, 0.25) is 0 Å². The molecular weight excluding hydrogens is 408 g/mol. The van der Waals surface area contributed by atoms with Crippen molar-refractivity contribution in [3.8, 4) is 0 Å². The molecule has 0 aliphatic heterocycles. The lowest BCUT2D eigenvalue weighted by Crippen LogP contribution is -2.39. The number of hydrogen-bond acceptors (Lipinski definition) is 4. The first-order valence-corrected chi connectivity index (χ1v) is 10.2. The van der Waals surface area contributed by atoms with Crippen LogP contribution in [0.2, 0.25) is 0 Å². The molecule has 4 nitrogen and oxygen atoms in total. The first-order chi connectivity index (χ1) is 12.3. The third kappa shape index (κ3) is 6.95. The molecule has 0 fully saturated rings. The third-order valence-corrected chi connectivity index (χ3v) is 5.27. The van der Waals surface area contributed by atoms with Crippen LogP contribution in [0.25, 0.3) is 0 Å². The number of carbonyl (C=O) groups is 2. The van der Waals surface area contributed by atoms with Gasteiger partial charge in [0, 0.05) is 4.47 Å². The van der Waals surface area contributed by atoms with E-state index >= 15 is 0 Å². The Labute approximate surface area is 172 Å². The molecule has 5 heteroatoms. The van der Waals surface area contributed by atoms with E-state index in [0.717, 1.165) is 22.9 Å². The molecule has 0 radical (unpaired) electrons. The van der Waals surface area contributed by atoms with Gasteiger partial charge in [0.25, 0.3) is 0 Å². The Hall–Kier alpha value is -1.36. The van der Waals surface area contributed by atoms with Gasteiger partial charge < -0.3 is 9.47 Å². The van der Waals surface area contributed by atoms with Gasteiger partial charge >= 0.3 is 11.9 Å². The third-order valence-electron chi connectivity index (χ3n) is 4.78. The topological polar surface area (TPSA) is 52.6 Å². The van der Waals surface area contributed by atoms with Crippen LogP contribution in [0, 0.1) is 5.41 Å². The molecule has 0 bridgehead atoms. The smallest absolute Gasteiger partial charge is 0.316 e. The first kappa shape index (κ1) is 23.7. The van der Waals surface area contributed by atoms with Gasteiger partial charge in [-0.2, -0.15) is 0 Å². The number of rotatable bonds is 8. The molecule has 27 heavy (non-hydrogen) atoms. The summed E-state index contributed by atoms with van der Waals surface area (Å²) in [6.07, 6.45) is 3.00. The van der Waals surface area contributed by atoms with Crippen LogP contribution >= 0.6 is 15.9 Å². The van der Waals surface area contributed by atoms with E-state index in [1.54, 1.807) is 0 Å². The van der Waals surface area contributed by atoms with Gasteiger partial charge in [-0.3, -0.25) is 9.59 Å². The van der Waals surface area contributed by atoms with Gasteiger partial charge in [-0.15, -0.1) is 0 Å². The molecule has 0 spiro atoms. The minimum absolute atomic E-state index is 0.204. The molecule has 1 unspecified atom stereocenters. The molecule has 1 aromatic carbocycles. The van der Waals surface area contributed by atoms with Crippen molar-refractivity contribution in [2.75, 3.05) is 7.11 Å². The zero-order chi connectivity index (χ0) is 20.9. The standard InChI is InChI=1S/C22H33BrO4/c1-20(2,3)27-19(25)22(6,16-11-10-12-17(23)15-16)14-9-8-13-21(4,5)18(24)26-7/h10-12,15H,8-9,13-14H2,1-7H3. The van der Waals surface area contributed by atoms with Gasteiger partial charge in [-0.25, -0.2) is 0 Å². The molecule has 0 saturated carbocycles. The van der Waals surface area contributed by atoms with Crippen molar-refractivity contribution in [1.29, 1.82) is 0 Å². The minimum atomic E-state index is -0.744. The summed E-state index contributed by atoms with van der Waals surface area (Å²) < 4.78 is 11.5. The van der Waals surface area contributed by atoms with Crippen LogP contribution in [-0.4, -0.2) is 24.6 Å². The number of esters is 2. The fourth-order valence-corrected chi connectivity index (χ4v) is 3.41. The van der Waals surface area contributed by atoms with E-state index in [0.29, 0.717) is 12.8 Å². The molecule has 0 amide bonds. The van der Waals surface area contributed by atoms with E-state index in [1.807, 2.05) is 65.8 Å². The molecule has 0 heterocycles. The number of ether oxygens (including phenoxy) is 2. The van der Waals surface area contributed by atoms with Gasteiger partial charge in [0.1, 0.15) is 5.60 Å². The predicted molar refractivity (Wildman–Crippen MR) is 112 cm³/mol. The highest BCUT2D eigenvalue weighted by molar-refractivity contribution is 9.10. The van der Waals surface area contributed by atoms with Crippen LogP contribution in [0.5, 0.6) is 0 Å². The second-order valence-corrected chi connectivity index (χ2v) is 9.84. The Balaban J connectivity index is 2.93. The molecule has 1 rings (SSSR count). The quantitative estimate of drug-likeness (QED) is 0.378. The second-order valence-electron chi connectivity index (χ2n) is 8.93. The van der Waals surface area contributed by atoms with Crippen LogP contribution in [0.4, 0.5) is 0 Å². The van der Waals surface area contributed by atoms with Gasteiger partial charge in [-0.05, 0) is 72.1 Å². The monoisotopic (exact) mass is 440 g/mol. The van der Waals surface area contributed by atoms with E-state index in [2.05, 4.69) is 15.9 Å².